The van der Waals surface area contributed by atoms with Gasteiger partial charge in [-0.1, -0.05) is 53.7 Å². The summed E-state index contributed by atoms with van der Waals surface area (Å²) in [5.41, 5.74) is 2.21. The molecule has 0 aliphatic heterocycles. The molecule has 0 fully saturated rings. The van der Waals surface area contributed by atoms with Crippen LogP contribution in [0.2, 0.25) is 0 Å². The molecule has 2 atom stereocenters. The van der Waals surface area contributed by atoms with Crippen molar-refractivity contribution in [3.05, 3.63) is 70.8 Å². The summed E-state index contributed by atoms with van der Waals surface area (Å²) in [7, 11) is 1.86. The molecule has 2 aromatic carbocycles. The van der Waals surface area contributed by atoms with Gasteiger partial charge in [0.2, 0.25) is 0 Å². The number of rotatable bonds is 5. The third-order valence-electron chi connectivity index (χ3n) is 3.90. The molecule has 3 nitrogen and oxygen atoms in total. The average Bonchev–Trinajstić information content (AvgIpc) is 2.92. The summed E-state index contributed by atoms with van der Waals surface area (Å²) < 4.78 is 3.17. The number of para-hydroxylation sites is 1. The average molecular weight is 409 g/mol. The predicted molar refractivity (Wildman–Crippen MR) is 111 cm³/mol. The Labute approximate surface area is 159 Å². The van der Waals surface area contributed by atoms with Gasteiger partial charge in [-0.2, -0.15) is 13.5 Å². The molecule has 0 spiro atoms. The van der Waals surface area contributed by atoms with E-state index in [1.165, 1.54) is 5.39 Å². The van der Waals surface area contributed by atoms with Crippen LogP contribution >= 0.6 is 29.4 Å². The number of halogens is 1. The third kappa shape index (κ3) is 4.22. The first-order valence-corrected chi connectivity index (χ1v) is 8.13. The van der Waals surface area contributed by atoms with Crippen molar-refractivity contribution in [2.24, 2.45) is 0 Å². The summed E-state index contributed by atoms with van der Waals surface area (Å²) in [6.45, 7) is 0.531. The van der Waals surface area contributed by atoms with Gasteiger partial charge in [-0.05, 0) is 42.3 Å². The minimum atomic E-state index is -0.518. The Balaban J connectivity index is 0.00000144. The maximum atomic E-state index is 10.7. The van der Waals surface area contributed by atoms with E-state index in [9.17, 15) is 5.11 Å². The number of aromatic nitrogens is 1. The summed E-state index contributed by atoms with van der Waals surface area (Å²) in [5, 5.41) is 14.9. The molecule has 0 unspecified atom stereocenters. The zero-order valence-corrected chi connectivity index (χ0v) is 15.5. The van der Waals surface area contributed by atoms with Crippen molar-refractivity contribution in [3.8, 4) is 0 Å². The lowest BCUT2D eigenvalue weighted by atomic mass is 10.0. The van der Waals surface area contributed by atoms with Gasteiger partial charge in [0, 0.05) is 22.7 Å². The minimum Gasteiger partial charge on any atom is -0.389 e. The van der Waals surface area contributed by atoms with Crippen LogP contribution in [0.3, 0.4) is 0 Å². The first kappa shape index (κ1) is 20.8. The molecule has 1 heterocycles. The number of fused-ring (bicyclic) bond motifs is 1. The topological polar surface area (TPSA) is 37.2 Å². The lowest BCUT2D eigenvalue weighted by Crippen LogP contribution is -2.33. The van der Waals surface area contributed by atoms with Gasteiger partial charge < -0.3 is 15.0 Å². The molecule has 0 aliphatic rings. The van der Waals surface area contributed by atoms with Gasteiger partial charge in [-0.25, -0.2) is 0 Å². The summed E-state index contributed by atoms with van der Waals surface area (Å²) in [4.78, 5) is 0. The van der Waals surface area contributed by atoms with Crippen molar-refractivity contribution in [2.45, 2.75) is 19.6 Å². The molecule has 1 aromatic heterocycles. The maximum absolute atomic E-state index is 10.7. The summed E-state index contributed by atoms with van der Waals surface area (Å²) >= 11 is 3.53. The first-order valence-electron chi connectivity index (χ1n) is 7.34. The van der Waals surface area contributed by atoms with E-state index < -0.39 is 6.10 Å². The van der Waals surface area contributed by atoms with Crippen molar-refractivity contribution < 1.29 is 5.11 Å². The van der Waals surface area contributed by atoms with E-state index in [0.29, 0.717) is 6.54 Å². The van der Waals surface area contributed by atoms with Crippen LogP contribution in [0, 0.1) is 0 Å². The monoisotopic (exact) mass is 408 g/mol. The van der Waals surface area contributed by atoms with Gasteiger partial charge in [0.25, 0.3) is 0 Å². The molecule has 0 bridgehead atoms. The lowest BCUT2D eigenvalue weighted by molar-refractivity contribution is 0.132. The van der Waals surface area contributed by atoms with Crippen LogP contribution < -0.4 is 5.32 Å². The molecule has 0 saturated carbocycles. The van der Waals surface area contributed by atoms with Gasteiger partial charge in [0.1, 0.15) is 0 Å². The standard InChI is InChI=1S/C18H19BrN2O.CH4.H2S/c1-20-12-17(22)18(14-6-4-7-15(19)11-14)21-10-9-13-5-2-3-8-16(13)21;;/h2-11,17-18,20,22H,12H2,1H3;1H4;1H2/t17-,18+;;/m1../s1. The number of benzene rings is 2. The normalized spacial score (nSPS) is 13.0. The van der Waals surface area contributed by atoms with Gasteiger partial charge in [-0.15, -0.1) is 0 Å². The quantitative estimate of drug-likeness (QED) is 0.659. The molecule has 0 radical (unpaired) electrons. The Morgan fingerprint density at radius 1 is 1.12 bits per heavy atom. The highest BCUT2D eigenvalue weighted by Gasteiger charge is 2.23. The van der Waals surface area contributed by atoms with Crippen LogP contribution in [-0.4, -0.2) is 29.4 Å². The third-order valence-corrected chi connectivity index (χ3v) is 4.39. The van der Waals surface area contributed by atoms with Gasteiger partial charge >= 0.3 is 0 Å². The number of likely N-dealkylation sites (N-methyl/N-ethyl adjacent to an activating group) is 1. The second-order valence-corrected chi connectivity index (χ2v) is 6.32. The lowest BCUT2D eigenvalue weighted by Gasteiger charge is -2.26. The molecule has 130 valence electrons. The molecule has 5 heteroatoms. The smallest absolute Gasteiger partial charge is 0.0912 e. The molecule has 0 saturated heterocycles. The summed E-state index contributed by atoms with van der Waals surface area (Å²) in [6, 6.07) is 18.3. The van der Waals surface area contributed by atoms with Crippen LogP contribution in [0.1, 0.15) is 19.0 Å². The fourth-order valence-corrected chi connectivity index (χ4v) is 3.34. The molecule has 24 heavy (non-hydrogen) atoms. The second-order valence-electron chi connectivity index (χ2n) is 5.41. The van der Waals surface area contributed by atoms with Crippen LogP contribution in [-0.2, 0) is 0 Å². The molecule has 3 rings (SSSR count). The Morgan fingerprint density at radius 2 is 1.88 bits per heavy atom. The molecule has 0 amide bonds. The summed E-state index contributed by atoms with van der Waals surface area (Å²) in [6.07, 6.45) is 1.53. The number of hydrogen-bond acceptors (Lipinski definition) is 2. The summed E-state index contributed by atoms with van der Waals surface area (Å²) in [5.74, 6) is 0. The number of aliphatic hydroxyl groups excluding tert-OH is 1. The van der Waals surface area contributed by atoms with Crippen LogP contribution in [0.25, 0.3) is 10.9 Å². The zero-order chi connectivity index (χ0) is 15.5. The van der Waals surface area contributed by atoms with Gasteiger partial charge in [0.15, 0.2) is 0 Å². The van der Waals surface area contributed by atoms with E-state index in [1.807, 2.05) is 31.3 Å². The maximum Gasteiger partial charge on any atom is 0.0912 e. The zero-order valence-electron chi connectivity index (χ0n) is 12.9. The molecule has 0 aliphatic carbocycles. The van der Waals surface area contributed by atoms with Crippen molar-refractivity contribution in [1.82, 2.24) is 9.88 Å². The number of aliphatic hydroxyl groups is 1. The van der Waals surface area contributed by atoms with Crippen molar-refractivity contribution in [3.63, 3.8) is 0 Å². The van der Waals surface area contributed by atoms with E-state index in [-0.39, 0.29) is 27.0 Å². The Kier molecular flexibility index (Phi) is 8.03. The van der Waals surface area contributed by atoms with E-state index in [0.717, 1.165) is 15.6 Å². The number of nitrogens with one attached hydrogen (secondary N) is 1. The van der Waals surface area contributed by atoms with E-state index in [2.05, 4.69) is 62.3 Å². The van der Waals surface area contributed by atoms with Crippen molar-refractivity contribution in [2.75, 3.05) is 13.6 Å². The van der Waals surface area contributed by atoms with Crippen molar-refractivity contribution >= 4 is 40.3 Å². The second kappa shape index (κ2) is 9.28. The fraction of sp³-hybridized carbons (Fsp3) is 0.263. The highest BCUT2D eigenvalue weighted by molar-refractivity contribution is 9.10. The minimum absolute atomic E-state index is 0. The number of hydrogen-bond donors (Lipinski definition) is 2. The Morgan fingerprint density at radius 3 is 2.58 bits per heavy atom. The van der Waals surface area contributed by atoms with E-state index in [1.54, 1.807) is 0 Å². The van der Waals surface area contributed by atoms with Crippen LogP contribution in [0.15, 0.2) is 65.3 Å². The Bertz CT molecular complexity index is 775. The molecular weight excluding hydrogens is 384 g/mol. The van der Waals surface area contributed by atoms with E-state index in [4.69, 9.17) is 0 Å². The van der Waals surface area contributed by atoms with Gasteiger partial charge in [0.05, 0.1) is 12.1 Å². The largest absolute Gasteiger partial charge is 0.389 e. The van der Waals surface area contributed by atoms with Crippen molar-refractivity contribution in [1.29, 1.82) is 0 Å². The number of nitrogens with zero attached hydrogens (tertiary/aromatic N) is 1. The molecule has 2 N–H and O–H groups in total. The SMILES string of the molecule is C.CNC[C@@H](O)[C@H](c1cccc(Br)c1)n1ccc2ccccc21.S. The Hall–Kier alpha value is -1.27. The van der Waals surface area contributed by atoms with Gasteiger partial charge in [-0.3, -0.25) is 0 Å². The van der Waals surface area contributed by atoms with Crippen LogP contribution in [0.4, 0.5) is 0 Å². The highest BCUT2D eigenvalue weighted by Crippen LogP contribution is 2.29. The first-order chi connectivity index (χ1) is 10.7. The highest BCUT2D eigenvalue weighted by atomic mass is 79.9. The predicted octanol–water partition coefficient (Wildman–Crippen LogP) is 4.32. The molecular formula is C19H25BrN2OS. The van der Waals surface area contributed by atoms with Crippen LogP contribution in [0.5, 0.6) is 0 Å². The van der Waals surface area contributed by atoms with E-state index >= 15 is 0 Å². The molecule has 3 aromatic rings. The fourth-order valence-electron chi connectivity index (χ4n) is 2.93.